The fourth-order valence-electron chi connectivity index (χ4n) is 2.56. The van der Waals surface area contributed by atoms with Crippen molar-refractivity contribution in [3.8, 4) is 5.75 Å². The molecular weight excluding hydrogens is 438 g/mol. The van der Waals surface area contributed by atoms with Gasteiger partial charge in [-0.2, -0.15) is 4.72 Å². The fourth-order valence-corrected chi connectivity index (χ4v) is 3.76. The number of ether oxygens (including phenoxy) is 2. The van der Waals surface area contributed by atoms with Gasteiger partial charge in [0.2, 0.25) is 10.0 Å². The molecule has 3 N–H and O–H groups in total. The minimum absolute atomic E-state index is 0.0531. The van der Waals surface area contributed by atoms with Gasteiger partial charge in [0.1, 0.15) is 11.8 Å². The summed E-state index contributed by atoms with van der Waals surface area (Å²) in [5, 5.41) is 5.16. The summed E-state index contributed by atoms with van der Waals surface area (Å²) in [5.74, 6) is -1.36. The molecule has 2 aromatic carbocycles. The van der Waals surface area contributed by atoms with Crippen molar-refractivity contribution in [2.24, 2.45) is 0 Å². The molecule has 0 aliphatic carbocycles. The molecule has 2 aromatic rings. The number of anilines is 1. The van der Waals surface area contributed by atoms with Crippen LogP contribution in [0.25, 0.3) is 0 Å². The number of carbonyl (C=O) groups is 3. The molecule has 0 aliphatic rings. The number of hydrogen-bond acceptors (Lipinski definition) is 7. The van der Waals surface area contributed by atoms with Crippen molar-refractivity contribution in [2.45, 2.75) is 24.8 Å². The van der Waals surface area contributed by atoms with E-state index in [2.05, 4.69) is 15.4 Å². The van der Waals surface area contributed by atoms with E-state index in [1.165, 1.54) is 44.4 Å². The predicted molar refractivity (Wildman–Crippen MR) is 117 cm³/mol. The van der Waals surface area contributed by atoms with Gasteiger partial charge in [-0.15, -0.1) is 0 Å². The van der Waals surface area contributed by atoms with Gasteiger partial charge in [0.05, 0.1) is 12.0 Å². The third-order valence-electron chi connectivity index (χ3n) is 4.15. The maximum absolute atomic E-state index is 12.4. The Labute approximate surface area is 186 Å². The number of esters is 1. The van der Waals surface area contributed by atoms with Crippen molar-refractivity contribution in [1.29, 1.82) is 0 Å². The normalized spacial score (nSPS) is 11.8. The predicted octanol–water partition coefficient (Wildman–Crippen LogP) is 1.29. The fraction of sp³-hybridized carbons (Fsp3) is 0.286. The van der Waals surface area contributed by atoms with E-state index >= 15 is 0 Å². The smallest absolute Gasteiger partial charge is 0.324 e. The molecule has 0 heterocycles. The van der Waals surface area contributed by atoms with Gasteiger partial charge in [0.15, 0.2) is 6.61 Å². The molecule has 10 nitrogen and oxygen atoms in total. The van der Waals surface area contributed by atoms with Crippen molar-refractivity contribution in [2.75, 3.05) is 25.6 Å². The molecular formula is C21H25N3O7S. The van der Waals surface area contributed by atoms with Gasteiger partial charge in [-0.25, -0.2) is 8.42 Å². The summed E-state index contributed by atoms with van der Waals surface area (Å²) in [6.07, 6.45) is 0. The number of methoxy groups -OCH3 is 1. The van der Waals surface area contributed by atoms with E-state index < -0.39 is 34.5 Å². The van der Waals surface area contributed by atoms with Gasteiger partial charge in [-0.3, -0.25) is 14.4 Å². The lowest BCUT2D eigenvalue weighted by atomic mass is 10.2. The maximum atomic E-state index is 12.4. The van der Waals surface area contributed by atoms with Gasteiger partial charge < -0.3 is 20.1 Å². The molecule has 1 atom stereocenters. The van der Waals surface area contributed by atoms with Crippen molar-refractivity contribution in [3.63, 3.8) is 0 Å². The standard InChI is InChI=1S/C21H25N3O7S/c1-4-22-20(26)15-6-5-7-16(12-15)23-19(25)13-31-21(27)14(2)24-32(28,29)18-10-8-17(30-3)9-11-18/h5-12,14,24H,4,13H2,1-3H3,(H,22,26)(H,23,25)/t14-/m0/s1. The highest BCUT2D eigenvalue weighted by atomic mass is 32.2. The first kappa shape index (κ1) is 24.8. The van der Waals surface area contributed by atoms with E-state index in [1.54, 1.807) is 25.1 Å². The van der Waals surface area contributed by atoms with E-state index in [4.69, 9.17) is 9.47 Å². The highest BCUT2D eigenvalue weighted by molar-refractivity contribution is 7.89. The largest absolute Gasteiger partial charge is 0.497 e. The van der Waals surface area contributed by atoms with Crippen LogP contribution in [-0.4, -0.2) is 52.5 Å². The quantitative estimate of drug-likeness (QED) is 0.451. The summed E-state index contributed by atoms with van der Waals surface area (Å²) < 4.78 is 36.8. The average Bonchev–Trinajstić information content (AvgIpc) is 2.77. The molecule has 0 bridgehead atoms. The zero-order chi connectivity index (χ0) is 23.7. The zero-order valence-corrected chi connectivity index (χ0v) is 18.7. The minimum atomic E-state index is -3.98. The van der Waals surface area contributed by atoms with Crippen LogP contribution in [0.4, 0.5) is 5.69 Å². The molecule has 0 saturated carbocycles. The molecule has 0 aliphatic heterocycles. The van der Waals surface area contributed by atoms with E-state index in [0.717, 1.165) is 0 Å². The summed E-state index contributed by atoms with van der Waals surface area (Å²) in [4.78, 5) is 36.0. The first-order valence-electron chi connectivity index (χ1n) is 9.67. The van der Waals surface area contributed by atoms with E-state index in [9.17, 15) is 22.8 Å². The van der Waals surface area contributed by atoms with Crippen LogP contribution in [0, 0.1) is 0 Å². The lowest BCUT2D eigenvalue weighted by Crippen LogP contribution is -2.40. The number of carbonyl (C=O) groups excluding carboxylic acids is 3. The number of sulfonamides is 1. The molecule has 172 valence electrons. The molecule has 0 fully saturated rings. The van der Waals surface area contributed by atoms with Crippen LogP contribution in [0.5, 0.6) is 5.75 Å². The second-order valence-electron chi connectivity index (χ2n) is 6.61. The monoisotopic (exact) mass is 463 g/mol. The molecule has 0 radical (unpaired) electrons. The average molecular weight is 464 g/mol. The third-order valence-corrected chi connectivity index (χ3v) is 5.70. The zero-order valence-electron chi connectivity index (χ0n) is 17.9. The lowest BCUT2D eigenvalue weighted by Gasteiger charge is -2.14. The molecule has 0 unspecified atom stereocenters. The summed E-state index contributed by atoms with van der Waals surface area (Å²) in [6, 6.07) is 10.6. The first-order chi connectivity index (χ1) is 15.2. The summed E-state index contributed by atoms with van der Waals surface area (Å²) in [5.41, 5.74) is 0.714. The van der Waals surface area contributed by atoms with E-state index in [0.29, 0.717) is 23.5 Å². The highest BCUT2D eigenvalue weighted by Crippen LogP contribution is 2.16. The lowest BCUT2D eigenvalue weighted by molar-refractivity contribution is -0.148. The summed E-state index contributed by atoms with van der Waals surface area (Å²) in [7, 11) is -2.52. The number of rotatable bonds is 10. The maximum Gasteiger partial charge on any atom is 0.324 e. The Balaban J connectivity index is 1.89. The number of nitrogens with one attached hydrogen (secondary N) is 3. The molecule has 0 aromatic heterocycles. The summed E-state index contributed by atoms with van der Waals surface area (Å²) in [6.45, 7) is 2.93. The molecule has 2 rings (SSSR count). The second kappa shape index (κ2) is 11.3. The van der Waals surface area contributed by atoms with Gasteiger partial charge in [0, 0.05) is 17.8 Å². The molecule has 0 saturated heterocycles. The minimum Gasteiger partial charge on any atom is -0.497 e. The topological polar surface area (TPSA) is 140 Å². The Bertz CT molecular complexity index is 1070. The molecule has 2 amide bonds. The Morgan fingerprint density at radius 3 is 2.38 bits per heavy atom. The SMILES string of the molecule is CCNC(=O)c1cccc(NC(=O)COC(=O)[C@H](C)NS(=O)(=O)c2ccc(OC)cc2)c1. The van der Waals surface area contributed by atoms with Crippen molar-refractivity contribution >= 4 is 33.5 Å². The van der Waals surface area contributed by atoms with Crippen molar-refractivity contribution < 1.29 is 32.3 Å². The third kappa shape index (κ3) is 7.06. The number of hydrogen-bond donors (Lipinski definition) is 3. The Morgan fingerprint density at radius 2 is 1.75 bits per heavy atom. The van der Waals surface area contributed by atoms with Gasteiger partial charge in [0.25, 0.3) is 11.8 Å². The van der Waals surface area contributed by atoms with Gasteiger partial charge in [-0.05, 0) is 56.3 Å². The van der Waals surface area contributed by atoms with Crippen LogP contribution < -0.4 is 20.1 Å². The van der Waals surface area contributed by atoms with Crippen LogP contribution in [-0.2, 0) is 24.3 Å². The van der Waals surface area contributed by atoms with Crippen molar-refractivity contribution in [1.82, 2.24) is 10.0 Å². The van der Waals surface area contributed by atoms with Crippen LogP contribution >= 0.6 is 0 Å². The van der Waals surface area contributed by atoms with E-state index in [-0.39, 0.29) is 10.8 Å². The van der Waals surface area contributed by atoms with Crippen LogP contribution in [0.3, 0.4) is 0 Å². The van der Waals surface area contributed by atoms with E-state index in [1.807, 2.05) is 0 Å². The van der Waals surface area contributed by atoms with Crippen LogP contribution in [0.15, 0.2) is 53.4 Å². The second-order valence-corrected chi connectivity index (χ2v) is 8.33. The summed E-state index contributed by atoms with van der Waals surface area (Å²) >= 11 is 0. The number of benzene rings is 2. The Morgan fingerprint density at radius 1 is 1.06 bits per heavy atom. The van der Waals surface area contributed by atoms with Crippen LogP contribution in [0.2, 0.25) is 0 Å². The van der Waals surface area contributed by atoms with Crippen molar-refractivity contribution in [3.05, 3.63) is 54.1 Å². The van der Waals surface area contributed by atoms with Crippen LogP contribution in [0.1, 0.15) is 24.2 Å². The first-order valence-corrected chi connectivity index (χ1v) is 11.2. The van der Waals surface area contributed by atoms with Gasteiger partial charge in [-0.1, -0.05) is 6.07 Å². The highest BCUT2D eigenvalue weighted by Gasteiger charge is 2.24. The number of amides is 2. The molecule has 32 heavy (non-hydrogen) atoms. The molecule has 0 spiro atoms. The molecule has 11 heteroatoms. The van der Waals surface area contributed by atoms with Gasteiger partial charge >= 0.3 is 5.97 Å². The Kier molecular flexibility index (Phi) is 8.73. The Hall–Kier alpha value is -3.44.